The first-order valence-electron chi connectivity index (χ1n) is 4.82. The smallest absolute Gasteiger partial charge is 0.224 e. The number of aliphatic hydroxyl groups is 1. The van der Waals surface area contributed by atoms with Gasteiger partial charge in [-0.05, 0) is 12.8 Å². The first-order valence-corrected chi connectivity index (χ1v) is 4.82. The Morgan fingerprint density at radius 2 is 2.23 bits per heavy atom. The average Bonchev–Trinajstić information content (AvgIpc) is 2.09. The van der Waals surface area contributed by atoms with Crippen molar-refractivity contribution in [2.75, 3.05) is 0 Å². The normalized spacial score (nSPS) is 28.1. The predicted molar refractivity (Wildman–Crippen MR) is 51.2 cm³/mol. The van der Waals surface area contributed by atoms with Crippen LogP contribution < -0.4 is 5.32 Å². The Bertz CT molecular complexity index is 191. The third-order valence-electron chi connectivity index (χ3n) is 2.41. The van der Waals surface area contributed by atoms with Gasteiger partial charge in [0.15, 0.2) is 0 Å². The number of carbonyl (C=O) groups excluding carboxylic acids is 1. The van der Waals surface area contributed by atoms with Gasteiger partial charge in [0.1, 0.15) is 0 Å². The molecule has 1 amide bonds. The van der Waals surface area contributed by atoms with Crippen molar-refractivity contribution in [3.05, 3.63) is 12.7 Å². The third kappa shape index (κ3) is 3.19. The van der Waals surface area contributed by atoms with Crippen molar-refractivity contribution < 1.29 is 9.90 Å². The van der Waals surface area contributed by atoms with Gasteiger partial charge in [-0.2, -0.15) is 0 Å². The lowest BCUT2D eigenvalue weighted by atomic mass is 9.92. The maximum atomic E-state index is 11.2. The lowest BCUT2D eigenvalue weighted by Crippen LogP contribution is -2.44. The molecule has 0 heterocycles. The minimum Gasteiger partial charge on any atom is -0.391 e. The lowest BCUT2D eigenvalue weighted by Gasteiger charge is -2.28. The first-order chi connectivity index (χ1) is 6.24. The van der Waals surface area contributed by atoms with Crippen LogP contribution >= 0.6 is 0 Å². The van der Waals surface area contributed by atoms with Crippen LogP contribution in [0.4, 0.5) is 0 Å². The molecule has 0 spiro atoms. The van der Waals surface area contributed by atoms with E-state index in [0.29, 0.717) is 6.42 Å². The van der Waals surface area contributed by atoms with Crippen molar-refractivity contribution >= 4 is 5.91 Å². The first kappa shape index (κ1) is 10.3. The fraction of sp³-hybridized carbons (Fsp3) is 0.700. The van der Waals surface area contributed by atoms with Crippen LogP contribution in [0.1, 0.15) is 32.1 Å². The topological polar surface area (TPSA) is 49.3 Å². The van der Waals surface area contributed by atoms with Gasteiger partial charge in [-0.15, -0.1) is 6.58 Å². The van der Waals surface area contributed by atoms with E-state index in [4.69, 9.17) is 0 Å². The van der Waals surface area contributed by atoms with E-state index in [9.17, 15) is 9.90 Å². The van der Waals surface area contributed by atoms with Gasteiger partial charge in [0, 0.05) is 6.42 Å². The summed E-state index contributed by atoms with van der Waals surface area (Å²) < 4.78 is 0. The molecule has 0 aromatic carbocycles. The van der Waals surface area contributed by atoms with E-state index < -0.39 is 0 Å². The number of aliphatic hydroxyl groups excluding tert-OH is 1. The Kier molecular flexibility index (Phi) is 3.96. The zero-order valence-electron chi connectivity index (χ0n) is 7.83. The highest BCUT2D eigenvalue weighted by molar-refractivity contribution is 5.77. The Labute approximate surface area is 78.8 Å². The summed E-state index contributed by atoms with van der Waals surface area (Å²) >= 11 is 0. The second kappa shape index (κ2) is 5.02. The summed E-state index contributed by atoms with van der Waals surface area (Å²) in [6.45, 7) is 3.49. The maximum absolute atomic E-state index is 11.2. The molecule has 1 rings (SSSR count). The largest absolute Gasteiger partial charge is 0.391 e. The molecule has 0 saturated heterocycles. The van der Waals surface area contributed by atoms with E-state index in [1.807, 2.05) is 0 Å². The molecule has 0 aromatic heterocycles. The van der Waals surface area contributed by atoms with Crippen molar-refractivity contribution in [2.24, 2.45) is 0 Å². The summed E-state index contributed by atoms with van der Waals surface area (Å²) in [7, 11) is 0. The van der Waals surface area contributed by atoms with Crippen LogP contribution in [0.5, 0.6) is 0 Å². The molecule has 3 nitrogen and oxygen atoms in total. The molecule has 1 aliphatic rings. The van der Waals surface area contributed by atoms with Crippen LogP contribution in [0, 0.1) is 0 Å². The quantitative estimate of drug-likeness (QED) is 0.641. The molecular weight excluding hydrogens is 166 g/mol. The minimum absolute atomic E-state index is 0.0406. The van der Waals surface area contributed by atoms with E-state index in [1.165, 1.54) is 0 Å². The molecule has 1 saturated carbocycles. The second-order valence-electron chi connectivity index (χ2n) is 3.52. The maximum Gasteiger partial charge on any atom is 0.224 e. The van der Waals surface area contributed by atoms with Gasteiger partial charge in [0.25, 0.3) is 0 Å². The fourth-order valence-corrected chi connectivity index (χ4v) is 1.68. The highest BCUT2D eigenvalue weighted by atomic mass is 16.3. The van der Waals surface area contributed by atoms with E-state index >= 15 is 0 Å². The number of hydrogen-bond acceptors (Lipinski definition) is 2. The summed E-state index contributed by atoms with van der Waals surface area (Å²) in [5, 5.41) is 12.4. The average molecular weight is 183 g/mol. The molecular formula is C10H17NO2. The minimum atomic E-state index is -0.359. The van der Waals surface area contributed by atoms with E-state index in [2.05, 4.69) is 11.9 Å². The molecule has 13 heavy (non-hydrogen) atoms. The zero-order chi connectivity index (χ0) is 9.68. The molecule has 74 valence electrons. The highest BCUT2D eigenvalue weighted by Gasteiger charge is 2.23. The van der Waals surface area contributed by atoms with Crippen LogP contribution in [0.3, 0.4) is 0 Å². The molecule has 0 radical (unpaired) electrons. The van der Waals surface area contributed by atoms with Crippen LogP contribution in [0.15, 0.2) is 12.7 Å². The van der Waals surface area contributed by atoms with E-state index in [1.54, 1.807) is 6.08 Å². The summed E-state index contributed by atoms with van der Waals surface area (Å²) in [6, 6.07) is -0.0406. The van der Waals surface area contributed by atoms with Crippen molar-refractivity contribution in [1.82, 2.24) is 5.32 Å². The molecule has 0 aromatic rings. The molecule has 0 aliphatic heterocycles. The number of hydrogen-bond donors (Lipinski definition) is 2. The van der Waals surface area contributed by atoms with Crippen LogP contribution in [-0.2, 0) is 4.79 Å². The van der Waals surface area contributed by atoms with Gasteiger partial charge in [0.05, 0.1) is 12.1 Å². The van der Waals surface area contributed by atoms with Gasteiger partial charge >= 0.3 is 0 Å². The summed E-state index contributed by atoms with van der Waals surface area (Å²) in [5.74, 6) is -0.0408. The Morgan fingerprint density at radius 1 is 1.54 bits per heavy atom. The SMILES string of the molecule is C=CCC(=O)N[C@H]1CCCC[C@@H]1O. The van der Waals surface area contributed by atoms with Gasteiger partial charge in [-0.25, -0.2) is 0 Å². The standard InChI is InChI=1S/C10H17NO2/c1-2-5-10(13)11-8-6-3-4-7-9(8)12/h2,8-9,12H,1,3-7H2,(H,11,13)/t8-,9-/m0/s1. The van der Waals surface area contributed by atoms with Gasteiger partial charge in [0.2, 0.25) is 5.91 Å². The van der Waals surface area contributed by atoms with Crippen LogP contribution in [-0.4, -0.2) is 23.2 Å². The second-order valence-corrected chi connectivity index (χ2v) is 3.52. The van der Waals surface area contributed by atoms with E-state index in [-0.39, 0.29) is 18.1 Å². The van der Waals surface area contributed by atoms with Gasteiger partial charge in [-0.3, -0.25) is 4.79 Å². The molecule has 2 atom stereocenters. The molecule has 1 aliphatic carbocycles. The molecule has 0 unspecified atom stereocenters. The van der Waals surface area contributed by atoms with Crippen molar-refractivity contribution in [3.63, 3.8) is 0 Å². The van der Waals surface area contributed by atoms with Crippen LogP contribution in [0.25, 0.3) is 0 Å². The lowest BCUT2D eigenvalue weighted by molar-refractivity contribution is -0.122. The van der Waals surface area contributed by atoms with Gasteiger partial charge < -0.3 is 10.4 Å². The Balaban J connectivity index is 2.33. The Hall–Kier alpha value is -0.830. The molecule has 0 bridgehead atoms. The zero-order valence-corrected chi connectivity index (χ0v) is 7.83. The molecule has 2 N–H and O–H groups in total. The molecule has 3 heteroatoms. The fourth-order valence-electron chi connectivity index (χ4n) is 1.68. The number of rotatable bonds is 3. The van der Waals surface area contributed by atoms with Crippen molar-refractivity contribution in [2.45, 2.75) is 44.2 Å². The number of carbonyl (C=O) groups is 1. The summed E-state index contributed by atoms with van der Waals surface area (Å²) in [4.78, 5) is 11.2. The predicted octanol–water partition coefficient (Wildman–Crippen LogP) is 0.982. The third-order valence-corrected chi connectivity index (χ3v) is 2.41. The van der Waals surface area contributed by atoms with E-state index in [0.717, 1.165) is 25.7 Å². The molecule has 1 fully saturated rings. The summed E-state index contributed by atoms with van der Waals surface area (Å²) in [5.41, 5.74) is 0. The van der Waals surface area contributed by atoms with Crippen molar-refractivity contribution in [1.29, 1.82) is 0 Å². The Morgan fingerprint density at radius 3 is 2.85 bits per heavy atom. The number of amides is 1. The van der Waals surface area contributed by atoms with Crippen LogP contribution in [0.2, 0.25) is 0 Å². The number of nitrogens with one attached hydrogen (secondary N) is 1. The summed E-state index contributed by atoms with van der Waals surface area (Å²) in [6.07, 6.45) is 5.41. The van der Waals surface area contributed by atoms with Crippen molar-refractivity contribution in [3.8, 4) is 0 Å². The highest BCUT2D eigenvalue weighted by Crippen LogP contribution is 2.18. The monoisotopic (exact) mass is 183 g/mol. The van der Waals surface area contributed by atoms with Gasteiger partial charge in [-0.1, -0.05) is 18.9 Å².